The lowest BCUT2D eigenvalue weighted by molar-refractivity contribution is -0.342. The smallest absolute Gasteiger partial charge is 0.411 e. The highest BCUT2D eigenvalue weighted by Gasteiger charge is 2.15. The first kappa shape index (κ1) is 25.2. The van der Waals surface area contributed by atoms with Gasteiger partial charge < -0.3 is 25.5 Å². The Morgan fingerprint density at radius 3 is 2.26 bits per heavy atom. The van der Waals surface area contributed by atoms with Crippen LogP contribution in [-0.2, 0) is 14.3 Å². The second-order valence-corrected chi connectivity index (χ2v) is 6.50. The predicted octanol–water partition coefficient (Wildman–Crippen LogP) is 1.73. The number of hydrogen-bond acceptors (Lipinski definition) is 7. The minimum atomic E-state index is -1.56. The van der Waals surface area contributed by atoms with Crippen LogP contribution in [0.15, 0.2) is 36.4 Å². The van der Waals surface area contributed by atoms with Gasteiger partial charge in [0.25, 0.3) is 0 Å². The maximum absolute atomic E-state index is 11.5. The number of carboxylic acids is 2. The van der Waals surface area contributed by atoms with Crippen LogP contribution in [0.3, 0.4) is 0 Å². The fraction of sp³-hybridized carbons (Fsp3) is 0.333. The van der Waals surface area contributed by atoms with Gasteiger partial charge in [0.1, 0.15) is 5.69 Å². The monoisotopic (exact) mass is 432 g/mol. The molecular weight excluding hydrogens is 404 g/mol. The molecule has 10 heteroatoms. The molecule has 0 saturated heterocycles. The number of aromatic amines is 1. The Kier molecular flexibility index (Phi) is 10.3. The molecule has 2 rings (SSSR count). The highest BCUT2D eigenvalue weighted by molar-refractivity contribution is 5.88. The summed E-state index contributed by atoms with van der Waals surface area (Å²) in [5, 5.41) is 23.0. The van der Waals surface area contributed by atoms with E-state index in [2.05, 4.69) is 53.7 Å². The predicted molar refractivity (Wildman–Crippen MR) is 113 cm³/mol. The molecule has 0 spiro atoms. The normalized spacial score (nSPS) is 10.8. The van der Waals surface area contributed by atoms with E-state index in [1.54, 1.807) is 13.0 Å². The molecule has 1 amide bonds. The summed E-state index contributed by atoms with van der Waals surface area (Å²) >= 11 is 0. The van der Waals surface area contributed by atoms with Crippen molar-refractivity contribution in [3.8, 4) is 0 Å². The summed E-state index contributed by atoms with van der Waals surface area (Å²) in [7, 11) is 0. The Bertz CT molecular complexity index is 874. The molecule has 31 heavy (non-hydrogen) atoms. The molecule has 0 saturated carbocycles. The zero-order valence-corrected chi connectivity index (χ0v) is 17.7. The molecule has 168 valence electrons. The van der Waals surface area contributed by atoms with Gasteiger partial charge in [-0.1, -0.05) is 36.8 Å². The van der Waals surface area contributed by atoms with E-state index in [9.17, 15) is 19.5 Å². The molecule has 1 aromatic carbocycles. The molecule has 1 heterocycles. The summed E-state index contributed by atoms with van der Waals surface area (Å²) in [6.07, 6.45) is -0.510. The Morgan fingerprint density at radius 1 is 1.16 bits per heavy atom. The Labute approximate surface area is 180 Å². The molecule has 0 aliphatic heterocycles. The number of aliphatic carboxylic acids is 2. The molecular formula is C21H28N4O6. The number of aromatic nitrogens is 1. The summed E-state index contributed by atoms with van der Waals surface area (Å²) in [6, 6.07) is 12.2. The van der Waals surface area contributed by atoms with Crippen molar-refractivity contribution in [1.29, 1.82) is 0 Å². The maximum atomic E-state index is 11.5. The molecule has 1 unspecified atom stereocenters. The van der Waals surface area contributed by atoms with Crippen molar-refractivity contribution in [2.45, 2.75) is 39.7 Å². The number of carbonyl (C=O) groups is 3. The number of benzene rings is 1. The van der Waals surface area contributed by atoms with Crippen LogP contribution in [0.2, 0.25) is 0 Å². The number of aryl methyl sites for hydroxylation is 1. The quantitative estimate of drug-likeness (QED) is 0.457. The van der Waals surface area contributed by atoms with E-state index in [1.165, 1.54) is 11.1 Å². The highest BCUT2D eigenvalue weighted by Crippen LogP contribution is 2.22. The average Bonchev–Trinajstić information content (AvgIpc) is 2.68. The standard InChI is InChI=1S/C18H24N4O2.C3H4O4/c1-4-14(13-8-6-12(3)7-9-13)20-16-11-10-15(17(19)22-16)21-18(23)24-5-2;4-2(5)1-3(6)7/h6-11,14H,4-5H2,1-3H3,(H,21,23)(H3,19,20,22);1H2,(H,4,5)(H,6,7). The van der Waals surface area contributed by atoms with E-state index in [0.717, 1.165) is 12.2 Å². The molecule has 0 radical (unpaired) electrons. The number of H-pyrrole nitrogens is 1. The van der Waals surface area contributed by atoms with Crippen LogP contribution < -0.4 is 26.5 Å². The van der Waals surface area contributed by atoms with Crippen LogP contribution in [-0.4, -0.2) is 29.7 Å². The van der Waals surface area contributed by atoms with Gasteiger partial charge in [-0.3, -0.25) is 15.4 Å². The lowest BCUT2D eigenvalue weighted by Gasteiger charge is -2.15. The topological polar surface area (TPSA) is 168 Å². The number of pyridine rings is 1. The van der Waals surface area contributed by atoms with E-state index in [-0.39, 0.29) is 6.04 Å². The fourth-order valence-corrected chi connectivity index (χ4v) is 2.51. The number of nitrogens with two attached hydrogens (primary N) is 1. The number of hydrogen-bond donors (Lipinski definition) is 4. The van der Waals surface area contributed by atoms with Crippen LogP contribution in [0.25, 0.3) is 0 Å². The third kappa shape index (κ3) is 9.48. The highest BCUT2D eigenvalue weighted by atomic mass is 16.5. The van der Waals surface area contributed by atoms with Gasteiger partial charge in [0.05, 0.1) is 25.0 Å². The largest absolute Gasteiger partial charge is 0.550 e. The second kappa shape index (κ2) is 12.7. The van der Waals surface area contributed by atoms with Crippen molar-refractivity contribution in [3.05, 3.63) is 47.5 Å². The molecule has 10 nitrogen and oxygen atoms in total. The first-order valence-electron chi connectivity index (χ1n) is 9.66. The summed E-state index contributed by atoms with van der Waals surface area (Å²) in [5.41, 5.74) is 8.91. The van der Waals surface area contributed by atoms with Crippen molar-refractivity contribution in [2.24, 2.45) is 0 Å². The number of carbonyl (C=O) groups excluding carboxylic acids is 2. The lowest BCUT2D eigenvalue weighted by Crippen LogP contribution is -2.24. The SMILES string of the molecule is CCOC(=O)Nc1ccc(NC(CC)c2ccc(C)cc2)[nH+]c1N.O=C([O-])CC(=O)O. The first-order valence-corrected chi connectivity index (χ1v) is 9.66. The second-order valence-electron chi connectivity index (χ2n) is 6.50. The zero-order valence-electron chi connectivity index (χ0n) is 17.7. The van der Waals surface area contributed by atoms with Crippen molar-refractivity contribution in [2.75, 3.05) is 23.0 Å². The molecule has 1 aromatic heterocycles. The van der Waals surface area contributed by atoms with Gasteiger partial charge >= 0.3 is 12.1 Å². The number of nitrogen functional groups attached to an aromatic ring is 1. The summed E-state index contributed by atoms with van der Waals surface area (Å²) < 4.78 is 4.85. The van der Waals surface area contributed by atoms with Gasteiger partial charge in [-0.2, -0.15) is 0 Å². The third-order valence-electron chi connectivity index (χ3n) is 4.00. The van der Waals surface area contributed by atoms with E-state index in [1.807, 2.05) is 6.07 Å². The number of anilines is 3. The molecule has 0 aliphatic carbocycles. The Hall–Kier alpha value is -3.82. The summed E-state index contributed by atoms with van der Waals surface area (Å²) in [6.45, 7) is 6.25. The molecule has 2 aromatic rings. The zero-order chi connectivity index (χ0) is 23.4. The molecule has 0 bridgehead atoms. The number of ether oxygens (including phenoxy) is 1. The van der Waals surface area contributed by atoms with E-state index < -0.39 is 24.5 Å². The van der Waals surface area contributed by atoms with Crippen LogP contribution >= 0.6 is 0 Å². The van der Waals surface area contributed by atoms with Crippen molar-refractivity contribution >= 4 is 35.4 Å². The Balaban J connectivity index is 0.000000592. The molecule has 0 aliphatic rings. The van der Waals surface area contributed by atoms with E-state index in [0.29, 0.717) is 18.1 Å². The number of amides is 1. The van der Waals surface area contributed by atoms with Crippen LogP contribution in [0, 0.1) is 6.92 Å². The molecule has 6 N–H and O–H groups in total. The molecule has 0 fully saturated rings. The first-order chi connectivity index (χ1) is 14.7. The van der Waals surface area contributed by atoms with E-state index in [4.69, 9.17) is 15.6 Å². The molecule has 1 atom stereocenters. The van der Waals surface area contributed by atoms with Gasteiger partial charge in [-0.05, 0) is 31.9 Å². The maximum Gasteiger partial charge on any atom is 0.411 e. The fourth-order valence-electron chi connectivity index (χ4n) is 2.51. The van der Waals surface area contributed by atoms with Gasteiger partial charge in [0, 0.05) is 6.07 Å². The minimum absolute atomic E-state index is 0.171. The number of nitrogens with one attached hydrogen (secondary N) is 3. The number of carboxylic acid groups (broad SMARTS) is 2. The van der Waals surface area contributed by atoms with Gasteiger partial charge in [-0.15, -0.1) is 0 Å². The van der Waals surface area contributed by atoms with Crippen LogP contribution in [0.1, 0.15) is 43.9 Å². The summed E-state index contributed by atoms with van der Waals surface area (Å²) in [5.74, 6) is -1.78. The van der Waals surface area contributed by atoms with Crippen LogP contribution in [0.4, 0.5) is 22.1 Å². The Morgan fingerprint density at radius 2 is 1.81 bits per heavy atom. The lowest BCUT2D eigenvalue weighted by atomic mass is 10.0. The minimum Gasteiger partial charge on any atom is -0.550 e. The van der Waals surface area contributed by atoms with E-state index >= 15 is 0 Å². The third-order valence-corrected chi connectivity index (χ3v) is 4.00. The van der Waals surface area contributed by atoms with Crippen molar-refractivity contribution in [3.63, 3.8) is 0 Å². The van der Waals surface area contributed by atoms with Gasteiger partial charge in [-0.25, -0.2) is 9.78 Å². The summed E-state index contributed by atoms with van der Waals surface area (Å²) in [4.78, 5) is 33.2. The van der Waals surface area contributed by atoms with Gasteiger partial charge in [0.2, 0.25) is 11.6 Å². The van der Waals surface area contributed by atoms with Crippen molar-refractivity contribution < 1.29 is 34.3 Å². The van der Waals surface area contributed by atoms with Gasteiger partial charge in [0.15, 0.2) is 0 Å². The van der Waals surface area contributed by atoms with Crippen molar-refractivity contribution in [1.82, 2.24) is 0 Å². The van der Waals surface area contributed by atoms with Crippen LogP contribution in [0.5, 0.6) is 0 Å². The number of rotatable bonds is 8. The average molecular weight is 432 g/mol.